The van der Waals surface area contributed by atoms with Gasteiger partial charge in [0, 0.05) is 32.2 Å². The Kier molecular flexibility index (Phi) is 8.47. The van der Waals surface area contributed by atoms with Crippen molar-refractivity contribution in [2.24, 2.45) is 0 Å². The van der Waals surface area contributed by atoms with Crippen LogP contribution in [-0.2, 0) is 25.5 Å². The van der Waals surface area contributed by atoms with E-state index in [4.69, 9.17) is 27.9 Å². The summed E-state index contributed by atoms with van der Waals surface area (Å²) in [5, 5.41) is 4.08. The molecule has 2 fully saturated rings. The van der Waals surface area contributed by atoms with E-state index < -0.39 is 11.1 Å². The molecule has 9 heteroatoms. The topological polar surface area (TPSA) is 61.9 Å². The number of ether oxygens (including phenoxy) is 1. The zero-order valence-electron chi connectivity index (χ0n) is 22.3. The van der Waals surface area contributed by atoms with Gasteiger partial charge in [-0.05, 0) is 66.8 Å². The lowest BCUT2D eigenvalue weighted by atomic mass is 9.80. The van der Waals surface area contributed by atoms with Crippen molar-refractivity contribution >= 4 is 40.7 Å². The van der Waals surface area contributed by atoms with E-state index >= 15 is 0 Å². The number of hydrogen-bond acceptors (Lipinski definition) is 4. The number of rotatable bonds is 7. The van der Waals surface area contributed by atoms with Crippen molar-refractivity contribution in [3.8, 4) is 0 Å². The lowest BCUT2D eigenvalue weighted by molar-refractivity contribution is -0.141. The molecule has 2 amide bonds. The Morgan fingerprint density at radius 2 is 1.68 bits per heavy atom. The van der Waals surface area contributed by atoms with Gasteiger partial charge in [-0.2, -0.15) is 0 Å². The molecule has 2 aliphatic heterocycles. The summed E-state index contributed by atoms with van der Waals surface area (Å²) in [4.78, 5) is 29.1. The number of halogens is 3. The SMILES string of the molecule is CC(=O)NC1(c2ccccc2)CCN(CCC2(c3ccc(Cl)c(Cl)c3)CN(c3ccc(F)cc3)C(=O)CO2)CC1. The Morgan fingerprint density at radius 1 is 0.975 bits per heavy atom. The van der Waals surface area contributed by atoms with Gasteiger partial charge in [-0.1, -0.05) is 59.6 Å². The van der Waals surface area contributed by atoms with Crippen LogP contribution in [0.25, 0.3) is 0 Å². The predicted molar refractivity (Wildman–Crippen MR) is 155 cm³/mol. The second kappa shape index (κ2) is 11.9. The first-order valence-corrected chi connectivity index (χ1v) is 14.2. The minimum absolute atomic E-state index is 0.0444. The summed E-state index contributed by atoms with van der Waals surface area (Å²) in [7, 11) is 0. The third-order valence-electron chi connectivity index (χ3n) is 8.05. The van der Waals surface area contributed by atoms with Gasteiger partial charge >= 0.3 is 0 Å². The van der Waals surface area contributed by atoms with Gasteiger partial charge < -0.3 is 19.9 Å². The summed E-state index contributed by atoms with van der Waals surface area (Å²) in [6.07, 6.45) is 2.14. The maximum atomic E-state index is 13.6. The first-order valence-electron chi connectivity index (χ1n) is 13.4. The fourth-order valence-corrected chi connectivity index (χ4v) is 6.15. The maximum Gasteiger partial charge on any atom is 0.253 e. The van der Waals surface area contributed by atoms with Crippen molar-refractivity contribution in [1.82, 2.24) is 10.2 Å². The second-order valence-electron chi connectivity index (χ2n) is 10.6. The van der Waals surface area contributed by atoms with Gasteiger partial charge in [0.2, 0.25) is 5.91 Å². The first kappa shape index (κ1) is 28.6. The summed E-state index contributed by atoms with van der Waals surface area (Å²) in [5.41, 5.74) is 1.30. The minimum Gasteiger partial charge on any atom is -0.359 e. The number of hydrogen-bond donors (Lipinski definition) is 1. The molecule has 2 aliphatic rings. The molecular weight excluding hydrogens is 552 g/mol. The number of nitrogens with zero attached hydrogens (tertiary/aromatic N) is 2. The zero-order chi connectivity index (χ0) is 28.3. The summed E-state index contributed by atoms with van der Waals surface area (Å²) in [6.45, 7) is 3.98. The summed E-state index contributed by atoms with van der Waals surface area (Å²) in [6, 6.07) is 21.5. The molecule has 0 saturated carbocycles. The van der Waals surface area contributed by atoms with Crippen LogP contribution in [-0.4, -0.2) is 49.5 Å². The van der Waals surface area contributed by atoms with Gasteiger partial charge in [0.25, 0.3) is 5.91 Å². The molecule has 5 rings (SSSR count). The molecule has 0 spiro atoms. The third kappa shape index (κ3) is 6.03. The minimum atomic E-state index is -0.845. The van der Waals surface area contributed by atoms with E-state index in [-0.39, 0.29) is 30.8 Å². The van der Waals surface area contributed by atoms with Crippen LogP contribution < -0.4 is 10.2 Å². The second-order valence-corrected chi connectivity index (χ2v) is 11.4. The van der Waals surface area contributed by atoms with Gasteiger partial charge in [0.1, 0.15) is 18.0 Å². The van der Waals surface area contributed by atoms with Crippen LogP contribution in [0.2, 0.25) is 10.0 Å². The number of likely N-dealkylation sites (tertiary alicyclic amines) is 1. The van der Waals surface area contributed by atoms with Crippen molar-refractivity contribution in [3.05, 3.63) is 99.8 Å². The number of anilines is 1. The van der Waals surface area contributed by atoms with Gasteiger partial charge in [-0.3, -0.25) is 9.59 Å². The van der Waals surface area contributed by atoms with Gasteiger partial charge in [-0.25, -0.2) is 4.39 Å². The molecule has 3 aromatic carbocycles. The molecule has 1 unspecified atom stereocenters. The number of carbonyl (C=O) groups is 2. The molecule has 2 heterocycles. The first-order chi connectivity index (χ1) is 19.2. The molecule has 0 aliphatic carbocycles. The molecule has 40 heavy (non-hydrogen) atoms. The largest absolute Gasteiger partial charge is 0.359 e. The average Bonchev–Trinajstić information content (AvgIpc) is 2.96. The highest BCUT2D eigenvalue weighted by Crippen LogP contribution is 2.39. The highest BCUT2D eigenvalue weighted by Gasteiger charge is 2.43. The van der Waals surface area contributed by atoms with E-state index in [1.165, 1.54) is 12.1 Å². The van der Waals surface area contributed by atoms with Gasteiger partial charge in [-0.15, -0.1) is 0 Å². The molecule has 0 aromatic heterocycles. The Hall–Kier alpha value is -2.97. The van der Waals surface area contributed by atoms with Crippen LogP contribution in [0.5, 0.6) is 0 Å². The smallest absolute Gasteiger partial charge is 0.253 e. The molecule has 0 radical (unpaired) electrons. The molecule has 210 valence electrons. The Morgan fingerprint density at radius 3 is 2.33 bits per heavy atom. The van der Waals surface area contributed by atoms with E-state index in [2.05, 4.69) is 22.3 Å². The molecule has 1 N–H and O–H groups in total. The van der Waals surface area contributed by atoms with Crippen molar-refractivity contribution in [3.63, 3.8) is 0 Å². The predicted octanol–water partition coefficient (Wildman–Crippen LogP) is 5.91. The quantitative estimate of drug-likeness (QED) is 0.375. The van der Waals surface area contributed by atoms with E-state index in [1.54, 1.807) is 36.1 Å². The standard InChI is InChI=1S/C31H32Cl2FN3O3/c1-22(38)35-30(23-5-3-2-4-6-23)13-16-36(17-14-30)18-15-31(24-7-12-27(32)28(33)19-24)21-37(29(39)20-40-31)26-10-8-25(34)9-11-26/h2-12,19H,13-18,20-21H2,1H3,(H,35,38). The highest BCUT2D eigenvalue weighted by molar-refractivity contribution is 6.42. The number of morpholine rings is 1. The number of nitrogens with one attached hydrogen (secondary N) is 1. The fraction of sp³-hybridized carbons (Fsp3) is 0.355. The van der Waals surface area contributed by atoms with Crippen LogP contribution in [0, 0.1) is 5.82 Å². The molecule has 0 bridgehead atoms. The van der Waals surface area contributed by atoms with Crippen LogP contribution in [0.15, 0.2) is 72.8 Å². The summed E-state index contributed by atoms with van der Waals surface area (Å²) in [5.74, 6) is -0.601. The Labute approximate surface area is 244 Å². The molecule has 3 aromatic rings. The average molecular weight is 585 g/mol. The Balaban J connectivity index is 1.37. The van der Waals surface area contributed by atoms with Crippen molar-refractivity contribution in [2.75, 3.05) is 37.7 Å². The van der Waals surface area contributed by atoms with Crippen LogP contribution in [0.3, 0.4) is 0 Å². The van der Waals surface area contributed by atoms with E-state index in [9.17, 15) is 14.0 Å². The fourth-order valence-electron chi connectivity index (χ4n) is 5.85. The summed E-state index contributed by atoms with van der Waals surface area (Å²) >= 11 is 12.6. The molecule has 6 nitrogen and oxygen atoms in total. The van der Waals surface area contributed by atoms with Gasteiger partial charge in [0.15, 0.2) is 0 Å². The number of benzene rings is 3. The van der Waals surface area contributed by atoms with Crippen molar-refractivity contribution in [1.29, 1.82) is 0 Å². The number of carbonyl (C=O) groups excluding carboxylic acids is 2. The zero-order valence-corrected chi connectivity index (χ0v) is 23.8. The van der Waals surface area contributed by atoms with Crippen LogP contribution in [0.1, 0.15) is 37.3 Å². The lowest BCUT2D eigenvalue weighted by Crippen LogP contribution is -2.55. The van der Waals surface area contributed by atoms with Gasteiger partial charge in [0.05, 0.1) is 22.1 Å². The number of amides is 2. The molecule has 1 atom stereocenters. The maximum absolute atomic E-state index is 13.6. The third-order valence-corrected chi connectivity index (χ3v) is 8.79. The molecule has 2 saturated heterocycles. The van der Waals surface area contributed by atoms with Crippen molar-refractivity contribution in [2.45, 2.75) is 37.3 Å². The van der Waals surface area contributed by atoms with Crippen LogP contribution >= 0.6 is 23.2 Å². The molecular formula is C31H32Cl2FN3O3. The van der Waals surface area contributed by atoms with E-state index in [1.807, 2.05) is 24.3 Å². The monoisotopic (exact) mass is 583 g/mol. The lowest BCUT2D eigenvalue weighted by Gasteiger charge is -2.46. The Bertz CT molecular complexity index is 1360. The van der Waals surface area contributed by atoms with Crippen molar-refractivity contribution < 1.29 is 18.7 Å². The number of piperidine rings is 1. The van der Waals surface area contributed by atoms with Crippen LogP contribution in [0.4, 0.5) is 10.1 Å². The highest BCUT2D eigenvalue weighted by atomic mass is 35.5. The normalized spacial score (nSPS) is 21.3. The summed E-state index contributed by atoms with van der Waals surface area (Å²) < 4.78 is 20.0. The van der Waals surface area contributed by atoms with E-state index in [0.29, 0.717) is 28.7 Å². The van der Waals surface area contributed by atoms with E-state index in [0.717, 1.165) is 37.1 Å².